The number of benzene rings is 3. The number of amides is 2. The molecule has 0 saturated heterocycles. The fourth-order valence-corrected chi connectivity index (χ4v) is 6.88. The van der Waals surface area contributed by atoms with E-state index in [2.05, 4.69) is 39.8 Å². The Morgan fingerprint density at radius 1 is 1.02 bits per heavy atom. The summed E-state index contributed by atoms with van der Waals surface area (Å²) in [5, 5.41) is 0.638. The Labute approximate surface area is 267 Å². The van der Waals surface area contributed by atoms with E-state index >= 15 is 0 Å². The summed E-state index contributed by atoms with van der Waals surface area (Å²) in [4.78, 5) is 31.2. The van der Waals surface area contributed by atoms with Gasteiger partial charge in [-0.3, -0.25) is 9.59 Å². The van der Waals surface area contributed by atoms with E-state index in [1.807, 2.05) is 65.3 Å². The second kappa shape index (κ2) is 13.6. The van der Waals surface area contributed by atoms with Gasteiger partial charge in [0.2, 0.25) is 11.8 Å². The van der Waals surface area contributed by atoms with Crippen molar-refractivity contribution in [1.82, 2.24) is 4.90 Å². The molecule has 44 heavy (non-hydrogen) atoms. The molecule has 2 unspecified atom stereocenters. The van der Waals surface area contributed by atoms with E-state index in [1.165, 1.54) is 0 Å². The highest BCUT2D eigenvalue weighted by Crippen LogP contribution is 2.44. The summed E-state index contributed by atoms with van der Waals surface area (Å²) in [6.45, 7) is 11.2. The molecule has 3 aromatic rings. The number of halogens is 1. The number of nitrogens with zero attached hydrogens (tertiary/aromatic N) is 2. The van der Waals surface area contributed by atoms with Crippen LogP contribution in [0.2, 0.25) is 5.02 Å². The van der Waals surface area contributed by atoms with Crippen molar-refractivity contribution in [2.45, 2.75) is 84.9 Å². The minimum atomic E-state index is -0.380. The third-order valence-electron chi connectivity index (χ3n) is 9.47. The van der Waals surface area contributed by atoms with Crippen LogP contribution in [-0.4, -0.2) is 36.5 Å². The summed E-state index contributed by atoms with van der Waals surface area (Å²) >= 11 is 6.28. The molecule has 0 bridgehead atoms. The molecular formula is C37H45ClN2O4. The van der Waals surface area contributed by atoms with Crippen molar-refractivity contribution in [3.63, 3.8) is 0 Å². The van der Waals surface area contributed by atoms with Crippen molar-refractivity contribution < 1.29 is 19.1 Å². The maximum absolute atomic E-state index is 13.9. The summed E-state index contributed by atoms with van der Waals surface area (Å²) in [6.07, 6.45) is 4.19. The largest absolute Gasteiger partial charge is 0.493 e. The first-order valence-corrected chi connectivity index (χ1v) is 16.4. The lowest BCUT2D eigenvalue weighted by atomic mass is 9.86. The average Bonchev–Trinajstić information content (AvgIpc) is 3.47. The molecule has 0 spiro atoms. The lowest BCUT2D eigenvalue weighted by molar-refractivity contribution is -0.137. The highest BCUT2D eigenvalue weighted by atomic mass is 35.5. The first kappa shape index (κ1) is 31.9. The zero-order chi connectivity index (χ0) is 31.5. The number of hydrogen-bond acceptors (Lipinski definition) is 4. The topological polar surface area (TPSA) is 59.1 Å². The quantitative estimate of drug-likeness (QED) is 0.229. The molecular weight excluding hydrogens is 572 g/mol. The first-order valence-electron chi connectivity index (χ1n) is 16.0. The number of fused-ring (bicyclic) bond motifs is 1. The van der Waals surface area contributed by atoms with Crippen LogP contribution in [0.3, 0.4) is 0 Å². The molecule has 0 radical (unpaired) electrons. The first-order chi connectivity index (χ1) is 21.1. The summed E-state index contributed by atoms with van der Waals surface area (Å²) in [5.74, 6) is 2.27. The van der Waals surface area contributed by atoms with Crippen molar-refractivity contribution in [2.75, 3.05) is 18.6 Å². The van der Waals surface area contributed by atoms with Crippen LogP contribution >= 0.6 is 11.6 Å². The Balaban J connectivity index is 1.51. The van der Waals surface area contributed by atoms with Gasteiger partial charge in [-0.2, -0.15) is 0 Å². The highest BCUT2D eigenvalue weighted by molar-refractivity contribution is 6.30. The zero-order valence-electron chi connectivity index (χ0n) is 26.8. The van der Waals surface area contributed by atoms with E-state index in [0.29, 0.717) is 29.0 Å². The van der Waals surface area contributed by atoms with Gasteiger partial charge in [0.1, 0.15) is 0 Å². The fourth-order valence-electron chi connectivity index (χ4n) is 6.75. The van der Waals surface area contributed by atoms with Gasteiger partial charge in [-0.15, -0.1) is 0 Å². The van der Waals surface area contributed by atoms with E-state index in [-0.39, 0.29) is 42.3 Å². The molecule has 5 atom stereocenters. The molecule has 1 aliphatic carbocycles. The van der Waals surface area contributed by atoms with Gasteiger partial charge < -0.3 is 19.3 Å². The van der Waals surface area contributed by atoms with Crippen molar-refractivity contribution in [3.8, 4) is 11.5 Å². The predicted molar refractivity (Wildman–Crippen MR) is 177 cm³/mol. The molecule has 7 heteroatoms. The van der Waals surface area contributed by atoms with E-state index < -0.39 is 0 Å². The third-order valence-corrected chi connectivity index (χ3v) is 9.72. The van der Waals surface area contributed by atoms with Crippen molar-refractivity contribution in [1.29, 1.82) is 0 Å². The van der Waals surface area contributed by atoms with Crippen molar-refractivity contribution >= 4 is 29.1 Å². The zero-order valence-corrected chi connectivity index (χ0v) is 27.6. The van der Waals surface area contributed by atoms with E-state index in [1.54, 1.807) is 7.11 Å². The number of methoxy groups -OCH3 is 1. The van der Waals surface area contributed by atoms with E-state index in [9.17, 15) is 9.59 Å². The van der Waals surface area contributed by atoms with Gasteiger partial charge in [0.15, 0.2) is 11.5 Å². The SMILES string of the molecule is CC[C@@H](C)Oc1cc2c(cc1OC)CC(=O)N(c1ccc(C(C)N(CC)C(=O)[C@@H]3CC[C@@H](C)C3)cc1)C2c1ccc(Cl)cc1. The number of ether oxygens (including phenoxy) is 2. The predicted octanol–water partition coefficient (Wildman–Crippen LogP) is 8.55. The van der Waals surface area contributed by atoms with Crippen LogP contribution in [-0.2, 0) is 16.0 Å². The smallest absolute Gasteiger partial charge is 0.232 e. The molecule has 5 rings (SSSR count). The van der Waals surface area contributed by atoms with Crippen LogP contribution in [0.15, 0.2) is 60.7 Å². The van der Waals surface area contributed by atoms with Crippen LogP contribution in [0.1, 0.15) is 94.6 Å². The van der Waals surface area contributed by atoms with Gasteiger partial charge in [-0.25, -0.2) is 0 Å². The molecule has 6 nitrogen and oxygen atoms in total. The normalized spacial score (nSPS) is 21.0. The number of rotatable bonds is 10. The Morgan fingerprint density at radius 2 is 1.73 bits per heavy atom. The molecule has 1 heterocycles. The molecule has 1 saturated carbocycles. The minimum Gasteiger partial charge on any atom is -0.493 e. The molecule has 1 fully saturated rings. The molecule has 1 aliphatic heterocycles. The van der Waals surface area contributed by atoms with E-state index in [0.717, 1.165) is 53.6 Å². The average molecular weight is 617 g/mol. The molecule has 0 aromatic heterocycles. The Kier molecular flexibility index (Phi) is 9.89. The summed E-state index contributed by atoms with van der Waals surface area (Å²) in [5.41, 5.74) is 4.72. The number of hydrogen-bond donors (Lipinski definition) is 0. The number of anilines is 1. The standard InChI is InChI=1S/C37H45ClN2O4/c1-7-24(4)44-34-22-32-29(20-33(34)43-6)21-35(41)40(36(32)27-11-15-30(38)16-12-27)31-17-13-26(14-18-31)25(5)39(8-2)37(42)28-10-9-23(3)19-28/h11-18,20,22-25,28,36H,7-10,19,21H2,1-6H3/t23-,24-,25?,28-,36?/m1/s1. The van der Waals surface area contributed by atoms with Gasteiger partial charge in [-0.05, 0) is 111 Å². The number of carbonyl (C=O) groups is 2. The molecule has 2 aliphatic rings. The molecule has 0 N–H and O–H groups in total. The van der Waals surface area contributed by atoms with Gasteiger partial charge in [0, 0.05) is 23.2 Å². The monoisotopic (exact) mass is 616 g/mol. The van der Waals surface area contributed by atoms with Gasteiger partial charge in [0.05, 0.1) is 31.7 Å². The maximum atomic E-state index is 13.9. The lowest BCUT2D eigenvalue weighted by Gasteiger charge is -2.38. The Hall–Kier alpha value is -3.51. The van der Waals surface area contributed by atoms with Crippen LogP contribution < -0.4 is 14.4 Å². The van der Waals surface area contributed by atoms with Gasteiger partial charge >= 0.3 is 0 Å². The van der Waals surface area contributed by atoms with Crippen LogP contribution in [0.4, 0.5) is 5.69 Å². The minimum absolute atomic E-state index is 0.00314. The number of carbonyl (C=O) groups excluding carboxylic acids is 2. The Bertz CT molecular complexity index is 1470. The van der Waals surface area contributed by atoms with E-state index in [4.69, 9.17) is 21.1 Å². The molecule has 3 aromatic carbocycles. The van der Waals surface area contributed by atoms with Crippen molar-refractivity contribution in [3.05, 3.63) is 87.9 Å². The second-order valence-electron chi connectivity index (χ2n) is 12.4. The van der Waals surface area contributed by atoms with Crippen LogP contribution in [0.5, 0.6) is 11.5 Å². The van der Waals surface area contributed by atoms with Gasteiger partial charge in [-0.1, -0.05) is 49.7 Å². The fraction of sp³-hybridized carbons (Fsp3) is 0.459. The van der Waals surface area contributed by atoms with Crippen LogP contribution in [0.25, 0.3) is 0 Å². The highest BCUT2D eigenvalue weighted by Gasteiger charge is 2.37. The second-order valence-corrected chi connectivity index (χ2v) is 12.9. The Morgan fingerprint density at radius 3 is 2.32 bits per heavy atom. The van der Waals surface area contributed by atoms with Gasteiger partial charge in [0.25, 0.3) is 0 Å². The van der Waals surface area contributed by atoms with Crippen LogP contribution in [0, 0.1) is 11.8 Å². The summed E-state index contributed by atoms with van der Waals surface area (Å²) < 4.78 is 12.0. The summed E-state index contributed by atoms with van der Waals surface area (Å²) in [7, 11) is 1.63. The lowest BCUT2D eigenvalue weighted by Crippen LogP contribution is -2.41. The summed E-state index contributed by atoms with van der Waals surface area (Å²) in [6, 6.07) is 19.3. The molecule has 234 valence electrons. The maximum Gasteiger partial charge on any atom is 0.232 e. The van der Waals surface area contributed by atoms with Crippen molar-refractivity contribution in [2.24, 2.45) is 11.8 Å². The molecule has 2 amide bonds. The third kappa shape index (κ3) is 6.46.